The number of rotatable bonds is 6. The number of ether oxygens (including phenoxy) is 2. The summed E-state index contributed by atoms with van der Waals surface area (Å²) in [5.74, 6) is -0.583. The van der Waals surface area contributed by atoms with Gasteiger partial charge in [0.15, 0.2) is 0 Å². The maximum atomic E-state index is 12.7. The molecule has 0 unspecified atom stereocenters. The predicted octanol–water partition coefficient (Wildman–Crippen LogP) is 5.37. The Kier molecular flexibility index (Phi) is 7.70. The van der Waals surface area contributed by atoms with E-state index in [1.807, 2.05) is 0 Å². The number of carbonyl (C=O) groups is 2. The van der Waals surface area contributed by atoms with E-state index in [1.165, 1.54) is 12.1 Å². The minimum Gasteiger partial charge on any atom is -0.464 e. The van der Waals surface area contributed by atoms with E-state index in [9.17, 15) is 22.8 Å². The first-order valence-electron chi connectivity index (χ1n) is 9.82. The second-order valence-corrected chi connectivity index (χ2v) is 7.93. The molecule has 0 aliphatic rings. The predicted molar refractivity (Wildman–Crippen MR) is 110 cm³/mol. The average molecular weight is 437 g/mol. The number of hydrogen-bond donors (Lipinski definition) is 1. The normalized spacial score (nSPS) is 12.7. The van der Waals surface area contributed by atoms with Crippen LogP contribution in [0.1, 0.15) is 38.8 Å². The molecule has 0 heterocycles. The second-order valence-electron chi connectivity index (χ2n) is 7.93. The molecule has 0 saturated carbocycles. The van der Waals surface area contributed by atoms with Gasteiger partial charge in [0.1, 0.15) is 11.6 Å². The van der Waals surface area contributed by atoms with E-state index in [1.54, 1.807) is 52.0 Å². The van der Waals surface area contributed by atoms with E-state index in [0.717, 1.165) is 23.3 Å². The maximum Gasteiger partial charge on any atom is 0.416 e. The monoisotopic (exact) mass is 437 g/mol. The molecule has 0 spiro atoms. The molecular weight excluding hydrogens is 411 g/mol. The van der Waals surface area contributed by atoms with E-state index in [2.05, 4.69) is 5.32 Å². The number of nitrogens with one attached hydrogen (secondary N) is 1. The molecule has 1 atom stereocenters. The highest BCUT2D eigenvalue weighted by Crippen LogP contribution is 2.31. The van der Waals surface area contributed by atoms with E-state index >= 15 is 0 Å². The third-order valence-corrected chi connectivity index (χ3v) is 4.20. The first-order valence-corrected chi connectivity index (χ1v) is 9.82. The van der Waals surface area contributed by atoms with Crippen LogP contribution in [-0.4, -0.2) is 30.3 Å². The number of alkyl carbamates (subject to hydrolysis) is 1. The number of carbonyl (C=O) groups excluding carboxylic acids is 2. The Balaban J connectivity index is 2.13. The summed E-state index contributed by atoms with van der Waals surface area (Å²) in [6.45, 7) is 6.98. The zero-order valence-electron chi connectivity index (χ0n) is 17.9. The molecule has 0 aliphatic heterocycles. The molecule has 0 radical (unpaired) electrons. The Morgan fingerprint density at radius 3 is 1.90 bits per heavy atom. The number of benzene rings is 2. The number of alkyl halides is 3. The molecule has 0 aromatic heterocycles. The Bertz CT molecular complexity index is 885. The third-order valence-electron chi connectivity index (χ3n) is 4.20. The maximum absolute atomic E-state index is 12.7. The highest BCUT2D eigenvalue weighted by molar-refractivity contribution is 5.81. The summed E-state index contributed by atoms with van der Waals surface area (Å²) in [5, 5.41) is 2.53. The van der Waals surface area contributed by atoms with Crippen molar-refractivity contribution < 1.29 is 32.2 Å². The molecule has 0 fully saturated rings. The van der Waals surface area contributed by atoms with Gasteiger partial charge in [0.05, 0.1) is 12.2 Å². The van der Waals surface area contributed by atoms with Gasteiger partial charge in [0.25, 0.3) is 0 Å². The van der Waals surface area contributed by atoms with Crippen LogP contribution in [0.25, 0.3) is 11.1 Å². The summed E-state index contributed by atoms with van der Waals surface area (Å²) in [6.07, 6.45) is -4.94. The van der Waals surface area contributed by atoms with Crippen molar-refractivity contribution in [3.05, 3.63) is 59.7 Å². The number of halogens is 3. The highest BCUT2D eigenvalue weighted by atomic mass is 19.4. The lowest BCUT2D eigenvalue weighted by molar-refractivity contribution is -0.145. The topological polar surface area (TPSA) is 64.6 Å². The van der Waals surface area contributed by atoms with E-state index in [4.69, 9.17) is 9.47 Å². The van der Waals surface area contributed by atoms with Crippen LogP contribution < -0.4 is 5.32 Å². The summed E-state index contributed by atoms with van der Waals surface area (Å²) in [7, 11) is 0. The summed E-state index contributed by atoms with van der Waals surface area (Å²) < 4.78 is 48.4. The summed E-state index contributed by atoms with van der Waals surface area (Å²) in [5.41, 5.74) is 0.675. The van der Waals surface area contributed by atoms with Crippen molar-refractivity contribution in [3.8, 4) is 11.1 Å². The van der Waals surface area contributed by atoms with Gasteiger partial charge in [-0.15, -0.1) is 0 Å². The molecule has 1 amide bonds. The van der Waals surface area contributed by atoms with Crippen LogP contribution in [0.3, 0.4) is 0 Å². The van der Waals surface area contributed by atoms with Crippen LogP contribution in [0.4, 0.5) is 18.0 Å². The standard InChI is InChI=1S/C23H26F3NO4/c1-5-30-20(28)19(27-21(29)31-22(2,3)4)14-15-6-8-16(9-7-15)17-10-12-18(13-11-17)23(24,25)26/h6-13,19H,5,14H2,1-4H3,(H,27,29)/t19-/m0/s1. The van der Waals surface area contributed by atoms with Crippen molar-refractivity contribution in [2.24, 2.45) is 0 Å². The number of amides is 1. The minimum atomic E-state index is -4.38. The second kappa shape index (κ2) is 9.85. The van der Waals surface area contributed by atoms with Crippen LogP contribution in [0, 0.1) is 0 Å². The third kappa shape index (κ3) is 7.62. The lowest BCUT2D eigenvalue weighted by Gasteiger charge is -2.23. The van der Waals surface area contributed by atoms with Crippen molar-refractivity contribution in [2.45, 2.75) is 51.9 Å². The van der Waals surface area contributed by atoms with Crippen molar-refractivity contribution in [2.75, 3.05) is 6.61 Å². The molecule has 1 N–H and O–H groups in total. The molecule has 2 rings (SSSR count). The zero-order chi connectivity index (χ0) is 23.2. The smallest absolute Gasteiger partial charge is 0.416 e. The van der Waals surface area contributed by atoms with Crippen molar-refractivity contribution in [1.82, 2.24) is 5.32 Å². The quantitative estimate of drug-likeness (QED) is 0.617. The highest BCUT2D eigenvalue weighted by Gasteiger charge is 2.30. The van der Waals surface area contributed by atoms with E-state index in [0.29, 0.717) is 5.56 Å². The van der Waals surface area contributed by atoms with Crippen molar-refractivity contribution in [3.63, 3.8) is 0 Å². The van der Waals surface area contributed by atoms with Crippen LogP contribution in [0.15, 0.2) is 48.5 Å². The fourth-order valence-corrected chi connectivity index (χ4v) is 2.81. The molecule has 0 aliphatic carbocycles. The van der Waals surface area contributed by atoms with Gasteiger partial charge in [-0.3, -0.25) is 0 Å². The molecule has 168 valence electrons. The van der Waals surface area contributed by atoms with Gasteiger partial charge in [-0.2, -0.15) is 13.2 Å². The lowest BCUT2D eigenvalue weighted by atomic mass is 10.00. The Morgan fingerprint density at radius 1 is 0.935 bits per heavy atom. The van der Waals surface area contributed by atoms with Gasteiger partial charge in [0, 0.05) is 6.42 Å². The van der Waals surface area contributed by atoms with Crippen molar-refractivity contribution in [1.29, 1.82) is 0 Å². The van der Waals surface area contributed by atoms with Gasteiger partial charge >= 0.3 is 18.2 Å². The van der Waals surface area contributed by atoms with Gasteiger partial charge < -0.3 is 14.8 Å². The molecule has 31 heavy (non-hydrogen) atoms. The van der Waals surface area contributed by atoms with E-state index in [-0.39, 0.29) is 13.0 Å². The first-order chi connectivity index (χ1) is 14.4. The van der Waals surface area contributed by atoms with Crippen molar-refractivity contribution >= 4 is 12.1 Å². The summed E-state index contributed by atoms with van der Waals surface area (Å²) >= 11 is 0. The fraction of sp³-hybridized carbons (Fsp3) is 0.391. The molecule has 8 heteroatoms. The molecule has 2 aromatic rings. The average Bonchev–Trinajstić information content (AvgIpc) is 2.66. The Hall–Kier alpha value is -3.03. The van der Waals surface area contributed by atoms with Crippen LogP contribution in [0.5, 0.6) is 0 Å². The van der Waals surface area contributed by atoms with Gasteiger partial charge in [-0.05, 0) is 56.5 Å². The zero-order valence-corrected chi connectivity index (χ0v) is 17.9. The summed E-state index contributed by atoms with van der Waals surface area (Å²) in [6, 6.07) is 10.9. The first kappa shape index (κ1) is 24.2. The largest absolute Gasteiger partial charge is 0.464 e. The Morgan fingerprint density at radius 2 is 1.45 bits per heavy atom. The molecule has 2 aromatic carbocycles. The molecule has 5 nitrogen and oxygen atoms in total. The van der Waals surface area contributed by atoms with Crippen LogP contribution in [0.2, 0.25) is 0 Å². The summed E-state index contributed by atoms with van der Waals surface area (Å²) in [4.78, 5) is 24.3. The minimum absolute atomic E-state index is 0.165. The van der Waals surface area contributed by atoms with Gasteiger partial charge in [-0.25, -0.2) is 9.59 Å². The van der Waals surface area contributed by atoms with Crippen LogP contribution in [-0.2, 0) is 26.9 Å². The van der Waals surface area contributed by atoms with Crippen LogP contribution >= 0.6 is 0 Å². The van der Waals surface area contributed by atoms with Gasteiger partial charge in [-0.1, -0.05) is 36.4 Å². The van der Waals surface area contributed by atoms with Gasteiger partial charge in [0.2, 0.25) is 0 Å². The van der Waals surface area contributed by atoms with E-state index < -0.39 is 35.4 Å². The SMILES string of the molecule is CCOC(=O)[C@H](Cc1ccc(-c2ccc(C(F)(F)F)cc2)cc1)NC(=O)OC(C)(C)C. The number of esters is 1. The Labute approximate surface area is 179 Å². The molecular formula is C23H26F3NO4. The lowest BCUT2D eigenvalue weighted by Crippen LogP contribution is -2.45. The molecule has 0 bridgehead atoms. The number of hydrogen-bond acceptors (Lipinski definition) is 4. The fourth-order valence-electron chi connectivity index (χ4n) is 2.81. The molecule has 0 saturated heterocycles.